The van der Waals surface area contributed by atoms with Crippen molar-refractivity contribution >= 4 is 23.4 Å². The first-order valence-corrected chi connectivity index (χ1v) is 8.71. The smallest absolute Gasteiger partial charge is 0.257 e. The summed E-state index contributed by atoms with van der Waals surface area (Å²) in [5, 5.41) is 0.498. The van der Waals surface area contributed by atoms with Gasteiger partial charge in [-0.05, 0) is 36.8 Å². The van der Waals surface area contributed by atoms with E-state index >= 15 is 0 Å². The fraction of sp³-hybridized carbons (Fsp3) is 0.316. The van der Waals surface area contributed by atoms with Crippen LogP contribution in [0.4, 0.5) is 0 Å². The van der Waals surface area contributed by atoms with E-state index in [-0.39, 0.29) is 11.8 Å². The first kappa shape index (κ1) is 18.2. The number of aromatic nitrogens is 1. The summed E-state index contributed by atoms with van der Waals surface area (Å²) in [4.78, 5) is 32.8. The van der Waals surface area contributed by atoms with Crippen LogP contribution in [0.2, 0.25) is 5.02 Å². The Labute approximate surface area is 157 Å². The lowest BCUT2D eigenvalue weighted by atomic mass is 10.1. The molecule has 0 radical (unpaired) electrons. The van der Waals surface area contributed by atoms with Gasteiger partial charge in [-0.25, -0.2) is 0 Å². The number of piperazine rings is 1. The number of nitrogens with zero attached hydrogens (tertiary/aromatic N) is 3. The van der Waals surface area contributed by atoms with Crippen LogP contribution in [-0.2, 0) is 0 Å². The molecule has 0 aliphatic carbocycles. The summed E-state index contributed by atoms with van der Waals surface area (Å²) in [6, 6.07) is 6.78. The molecule has 1 aromatic heterocycles. The van der Waals surface area contributed by atoms with E-state index < -0.39 is 0 Å². The average Bonchev–Trinajstić information content (AvgIpc) is 2.67. The Morgan fingerprint density at radius 2 is 1.62 bits per heavy atom. The van der Waals surface area contributed by atoms with Crippen LogP contribution in [0.15, 0.2) is 36.7 Å². The van der Waals surface area contributed by atoms with Gasteiger partial charge >= 0.3 is 0 Å². The van der Waals surface area contributed by atoms with Gasteiger partial charge in [0.1, 0.15) is 5.75 Å². The number of benzene rings is 1. The molecule has 136 valence electrons. The summed E-state index contributed by atoms with van der Waals surface area (Å²) >= 11 is 6.11. The molecule has 0 N–H and O–H groups in total. The molecule has 1 aliphatic heterocycles. The Balaban J connectivity index is 1.71. The summed E-state index contributed by atoms with van der Waals surface area (Å²) in [6.45, 7) is 3.74. The Morgan fingerprint density at radius 3 is 2.19 bits per heavy atom. The molecule has 1 aliphatic rings. The highest BCUT2D eigenvalue weighted by Crippen LogP contribution is 2.29. The molecule has 1 saturated heterocycles. The van der Waals surface area contributed by atoms with Gasteiger partial charge in [0.2, 0.25) is 0 Å². The number of hydrogen-bond acceptors (Lipinski definition) is 4. The van der Waals surface area contributed by atoms with Gasteiger partial charge in [-0.15, -0.1) is 0 Å². The van der Waals surface area contributed by atoms with Gasteiger partial charge in [0, 0.05) is 49.2 Å². The third-order valence-corrected chi connectivity index (χ3v) is 4.67. The monoisotopic (exact) mass is 373 g/mol. The molecule has 6 nitrogen and oxygen atoms in total. The molecule has 3 rings (SSSR count). The summed E-state index contributed by atoms with van der Waals surface area (Å²) in [5.41, 5.74) is 1.87. The van der Waals surface area contributed by atoms with E-state index in [0.717, 1.165) is 5.56 Å². The lowest BCUT2D eigenvalue weighted by molar-refractivity contribution is 0.0533. The minimum Gasteiger partial charge on any atom is -0.496 e. The maximum absolute atomic E-state index is 12.9. The highest BCUT2D eigenvalue weighted by Gasteiger charge is 2.27. The van der Waals surface area contributed by atoms with Crippen LogP contribution in [0.1, 0.15) is 26.3 Å². The second-order valence-electron chi connectivity index (χ2n) is 6.12. The Hall–Kier alpha value is -2.60. The lowest BCUT2D eigenvalue weighted by Gasteiger charge is -2.35. The molecule has 7 heteroatoms. The number of rotatable bonds is 3. The van der Waals surface area contributed by atoms with E-state index in [2.05, 4.69) is 4.98 Å². The van der Waals surface area contributed by atoms with E-state index in [1.54, 1.807) is 53.6 Å². The number of carbonyl (C=O) groups excluding carboxylic acids is 2. The largest absolute Gasteiger partial charge is 0.496 e. The van der Waals surface area contributed by atoms with Crippen LogP contribution in [0.3, 0.4) is 0 Å². The van der Waals surface area contributed by atoms with Crippen molar-refractivity contribution in [3.8, 4) is 5.75 Å². The van der Waals surface area contributed by atoms with Crippen LogP contribution >= 0.6 is 11.6 Å². The van der Waals surface area contributed by atoms with E-state index in [1.807, 2.05) is 6.92 Å². The average molecular weight is 374 g/mol. The predicted octanol–water partition coefficient (Wildman–Crippen LogP) is 2.65. The molecule has 0 atom stereocenters. The second-order valence-corrected chi connectivity index (χ2v) is 6.56. The number of pyridine rings is 1. The maximum Gasteiger partial charge on any atom is 0.257 e. The van der Waals surface area contributed by atoms with Crippen LogP contribution in [-0.4, -0.2) is 59.9 Å². The molecule has 1 fully saturated rings. The molecule has 0 bridgehead atoms. The van der Waals surface area contributed by atoms with Gasteiger partial charge in [-0.1, -0.05) is 11.6 Å². The van der Waals surface area contributed by atoms with E-state index in [1.165, 1.54) is 0 Å². The third kappa shape index (κ3) is 3.65. The Morgan fingerprint density at radius 1 is 1.04 bits per heavy atom. The van der Waals surface area contributed by atoms with Gasteiger partial charge in [0.25, 0.3) is 11.8 Å². The molecule has 0 spiro atoms. The molecule has 0 saturated carbocycles. The molecule has 2 aromatic rings. The molecular formula is C19H20ClN3O3. The Kier molecular flexibility index (Phi) is 5.42. The van der Waals surface area contributed by atoms with Crippen molar-refractivity contribution in [2.24, 2.45) is 0 Å². The van der Waals surface area contributed by atoms with E-state index in [0.29, 0.717) is 48.1 Å². The molecule has 1 aromatic carbocycles. The fourth-order valence-corrected chi connectivity index (χ4v) is 3.39. The van der Waals surface area contributed by atoms with Crippen molar-refractivity contribution < 1.29 is 14.3 Å². The second kappa shape index (κ2) is 7.74. The highest BCUT2D eigenvalue weighted by atomic mass is 35.5. The predicted molar refractivity (Wildman–Crippen MR) is 98.8 cm³/mol. The molecule has 2 amide bonds. The van der Waals surface area contributed by atoms with Crippen molar-refractivity contribution in [3.63, 3.8) is 0 Å². The molecule has 26 heavy (non-hydrogen) atoms. The van der Waals surface area contributed by atoms with E-state index in [9.17, 15) is 9.59 Å². The zero-order chi connectivity index (χ0) is 18.7. The lowest BCUT2D eigenvalue weighted by Crippen LogP contribution is -2.50. The van der Waals surface area contributed by atoms with Crippen LogP contribution in [0.5, 0.6) is 5.75 Å². The maximum atomic E-state index is 12.9. The van der Waals surface area contributed by atoms with Gasteiger partial charge in [-0.3, -0.25) is 14.6 Å². The molecular weight excluding hydrogens is 354 g/mol. The van der Waals surface area contributed by atoms with Crippen LogP contribution in [0.25, 0.3) is 0 Å². The summed E-state index contributed by atoms with van der Waals surface area (Å²) in [7, 11) is 1.54. The SMILES string of the molecule is COc1c(C)cc(Cl)cc1C(=O)N1CCN(C(=O)c2ccncc2)CC1. The van der Waals surface area contributed by atoms with Gasteiger partial charge in [0.05, 0.1) is 12.7 Å². The van der Waals surface area contributed by atoms with E-state index in [4.69, 9.17) is 16.3 Å². The van der Waals surface area contributed by atoms with Crippen LogP contribution in [0, 0.1) is 6.92 Å². The summed E-state index contributed by atoms with van der Waals surface area (Å²) < 4.78 is 5.38. The van der Waals surface area contributed by atoms with Crippen LogP contribution < -0.4 is 4.74 Å². The fourth-order valence-electron chi connectivity index (χ4n) is 3.12. The summed E-state index contributed by atoms with van der Waals surface area (Å²) in [5.74, 6) is 0.355. The number of hydrogen-bond donors (Lipinski definition) is 0. The van der Waals surface area contributed by atoms with Crippen molar-refractivity contribution in [3.05, 3.63) is 58.4 Å². The first-order chi connectivity index (χ1) is 12.5. The van der Waals surface area contributed by atoms with Crippen molar-refractivity contribution in [2.75, 3.05) is 33.3 Å². The zero-order valence-corrected chi connectivity index (χ0v) is 15.5. The number of ether oxygens (including phenoxy) is 1. The van der Waals surface area contributed by atoms with Crippen molar-refractivity contribution in [1.29, 1.82) is 0 Å². The van der Waals surface area contributed by atoms with Crippen molar-refractivity contribution in [1.82, 2.24) is 14.8 Å². The first-order valence-electron chi connectivity index (χ1n) is 8.34. The quantitative estimate of drug-likeness (QED) is 0.829. The van der Waals surface area contributed by atoms with Crippen molar-refractivity contribution in [2.45, 2.75) is 6.92 Å². The number of amides is 2. The number of carbonyl (C=O) groups is 2. The molecule has 0 unspecified atom stereocenters. The normalized spacial score (nSPS) is 14.3. The zero-order valence-electron chi connectivity index (χ0n) is 14.7. The molecule has 2 heterocycles. The number of aryl methyl sites for hydroxylation is 1. The number of methoxy groups -OCH3 is 1. The third-order valence-electron chi connectivity index (χ3n) is 4.46. The highest BCUT2D eigenvalue weighted by molar-refractivity contribution is 6.31. The Bertz CT molecular complexity index is 818. The van der Waals surface area contributed by atoms with Gasteiger partial charge in [-0.2, -0.15) is 0 Å². The standard InChI is InChI=1S/C19H20ClN3O3/c1-13-11-15(20)12-16(17(13)26-2)19(25)23-9-7-22(8-10-23)18(24)14-3-5-21-6-4-14/h3-6,11-12H,7-10H2,1-2H3. The summed E-state index contributed by atoms with van der Waals surface area (Å²) in [6.07, 6.45) is 3.20. The van der Waals surface area contributed by atoms with Gasteiger partial charge < -0.3 is 14.5 Å². The minimum atomic E-state index is -0.136. The minimum absolute atomic E-state index is 0.0457. The topological polar surface area (TPSA) is 62.7 Å². The number of halogens is 1. The van der Waals surface area contributed by atoms with Gasteiger partial charge in [0.15, 0.2) is 0 Å².